The highest BCUT2D eigenvalue weighted by molar-refractivity contribution is 6.32. The summed E-state index contributed by atoms with van der Waals surface area (Å²) in [6.07, 6.45) is 0. The third kappa shape index (κ3) is 4.54. The van der Waals surface area contributed by atoms with E-state index in [0.717, 1.165) is 0 Å². The average Bonchev–Trinajstić information content (AvgIpc) is 2.66. The third-order valence-corrected chi connectivity index (χ3v) is 4.18. The molecule has 0 saturated carbocycles. The highest BCUT2D eigenvalue weighted by Crippen LogP contribution is 2.30. The van der Waals surface area contributed by atoms with Gasteiger partial charge in [0, 0.05) is 12.1 Å². The first-order valence-corrected chi connectivity index (χ1v) is 8.60. The molecule has 3 rings (SSSR count). The number of phenols is 2. The molecule has 6 nitrogen and oxygen atoms in total. The molecule has 0 atom stereocenters. The number of ether oxygens (including phenoxy) is 2. The monoisotopic (exact) mass is 418 g/mol. The van der Waals surface area contributed by atoms with Crippen molar-refractivity contribution in [2.75, 3.05) is 0 Å². The first-order chi connectivity index (χ1) is 13.3. The normalized spacial score (nSPS) is 10.4. The van der Waals surface area contributed by atoms with E-state index in [0.29, 0.717) is 0 Å². The van der Waals surface area contributed by atoms with E-state index >= 15 is 0 Å². The van der Waals surface area contributed by atoms with Crippen LogP contribution in [0.25, 0.3) is 0 Å². The Balaban J connectivity index is 1.70. The van der Waals surface area contributed by atoms with Crippen molar-refractivity contribution in [1.82, 2.24) is 0 Å². The van der Waals surface area contributed by atoms with Gasteiger partial charge >= 0.3 is 11.9 Å². The fraction of sp³-hybridized carbons (Fsp3) is 0. The molecule has 142 valence electrons. The Labute approximate surface area is 169 Å². The van der Waals surface area contributed by atoms with Crippen molar-refractivity contribution in [3.8, 4) is 23.0 Å². The number of hydrogen-bond acceptors (Lipinski definition) is 6. The molecule has 8 heteroatoms. The summed E-state index contributed by atoms with van der Waals surface area (Å²) in [7, 11) is 0. The van der Waals surface area contributed by atoms with Crippen molar-refractivity contribution in [2.24, 2.45) is 0 Å². The van der Waals surface area contributed by atoms with E-state index in [1.165, 1.54) is 60.7 Å². The Morgan fingerprint density at radius 3 is 1.32 bits per heavy atom. The first-order valence-electron chi connectivity index (χ1n) is 7.85. The zero-order valence-corrected chi connectivity index (χ0v) is 15.6. The van der Waals surface area contributed by atoms with Gasteiger partial charge in [-0.25, -0.2) is 9.59 Å². The maximum absolute atomic E-state index is 12.2. The summed E-state index contributed by atoms with van der Waals surface area (Å²) >= 11 is 11.8. The van der Waals surface area contributed by atoms with Crippen LogP contribution in [0.3, 0.4) is 0 Å². The van der Waals surface area contributed by atoms with Crippen LogP contribution in [0.4, 0.5) is 0 Å². The molecule has 0 bridgehead atoms. The van der Waals surface area contributed by atoms with Crippen LogP contribution in [0.1, 0.15) is 20.7 Å². The van der Waals surface area contributed by atoms with Crippen LogP contribution in [0.15, 0.2) is 60.7 Å². The van der Waals surface area contributed by atoms with Gasteiger partial charge in [-0.2, -0.15) is 0 Å². The summed E-state index contributed by atoms with van der Waals surface area (Å²) in [5.41, 5.74) is 0.367. The Morgan fingerprint density at radius 1 is 0.643 bits per heavy atom. The molecule has 0 unspecified atom stereocenters. The molecule has 0 aliphatic heterocycles. The molecule has 0 aliphatic carbocycles. The molecule has 0 aliphatic rings. The minimum Gasteiger partial charge on any atom is -0.508 e. The summed E-state index contributed by atoms with van der Waals surface area (Å²) in [4.78, 5) is 24.4. The van der Waals surface area contributed by atoms with Crippen LogP contribution in [-0.4, -0.2) is 22.2 Å². The fourth-order valence-corrected chi connectivity index (χ4v) is 2.63. The standard InChI is InChI=1S/C20H12Cl2O6/c21-15-9-13(23)5-7-17(15)27-19(25)11-1-2-12(4-3-11)20(26)28-18-8-6-14(24)10-16(18)22/h1-10,23-24H. The van der Waals surface area contributed by atoms with Crippen molar-refractivity contribution < 1.29 is 29.3 Å². The lowest BCUT2D eigenvalue weighted by Crippen LogP contribution is -2.11. The van der Waals surface area contributed by atoms with Crippen molar-refractivity contribution >= 4 is 35.1 Å². The third-order valence-electron chi connectivity index (χ3n) is 3.59. The SMILES string of the molecule is O=C(Oc1ccc(O)cc1Cl)c1ccc(C(=O)Oc2ccc(O)cc2Cl)cc1. The van der Waals surface area contributed by atoms with Crippen LogP contribution in [0, 0.1) is 0 Å². The van der Waals surface area contributed by atoms with Gasteiger partial charge in [0.05, 0.1) is 21.2 Å². The smallest absolute Gasteiger partial charge is 0.343 e. The Hall–Kier alpha value is -3.22. The van der Waals surface area contributed by atoms with E-state index in [-0.39, 0.29) is 44.2 Å². The molecule has 0 aromatic heterocycles. The molecule has 0 radical (unpaired) electrons. The summed E-state index contributed by atoms with van der Waals surface area (Å²) in [6, 6.07) is 13.5. The average molecular weight is 419 g/mol. The number of aromatic hydroxyl groups is 2. The van der Waals surface area contributed by atoms with Gasteiger partial charge in [-0.05, 0) is 48.5 Å². The number of carbonyl (C=O) groups is 2. The van der Waals surface area contributed by atoms with Crippen LogP contribution in [0.5, 0.6) is 23.0 Å². The van der Waals surface area contributed by atoms with Crippen LogP contribution >= 0.6 is 23.2 Å². The van der Waals surface area contributed by atoms with Gasteiger partial charge < -0.3 is 19.7 Å². The minimum absolute atomic E-state index is 0.0543. The fourth-order valence-electron chi connectivity index (χ4n) is 2.21. The summed E-state index contributed by atoms with van der Waals surface area (Å²) in [5, 5.41) is 18.8. The Bertz CT molecular complexity index is 963. The van der Waals surface area contributed by atoms with E-state index in [1.807, 2.05) is 0 Å². The van der Waals surface area contributed by atoms with Gasteiger partial charge in [0.1, 0.15) is 23.0 Å². The topological polar surface area (TPSA) is 93.1 Å². The van der Waals surface area contributed by atoms with Crippen molar-refractivity contribution in [1.29, 1.82) is 0 Å². The number of esters is 2. The second kappa shape index (κ2) is 8.21. The minimum atomic E-state index is -0.686. The van der Waals surface area contributed by atoms with Crippen LogP contribution in [-0.2, 0) is 0 Å². The lowest BCUT2D eigenvalue weighted by molar-refractivity contribution is 0.0720. The number of benzene rings is 3. The quantitative estimate of drug-likeness (QED) is 0.464. The van der Waals surface area contributed by atoms with E-state index in [2.05, 4.69) is 0 Å². The summed E-state index contributed by atoms with van der Waals surface area (Å²) < 4.78 is 10.3. The molecule has 28 heavy (non-hydrogen) atoms. The molecule has 2 N–H and O–H groups in total. The van der Waals surface area contributed by atoms with Crippen LogP contribution < -0.4 is 9.47 Å². The van der Waals surface area contributed by atoms with Gasteiger partial charge in [-0.15, -0.1) is 0 Å². The highest BCUT2D eigenvalue weighted by atomic mass is 35.5. The molecule has 0 spiro atoms. The Kier molecular flexibility index (Phi) is 5.73. The molecule has 0 amide bonds. The van der Waals surface area contributed by atoms with Crippen molar-refractivity contribution in [2.45, 2.75) is 0 Å². The summed E-state index contributed by atoms with van der Waals surface area (Å²) in [6.45, 7) is 0. The molecular weight excluding hydrogens is 407 g/mol. The maximum Gasteiger partial charge on any atom is 0.343 e. The molecule has 0 fully saturated rings. The second-order valence-corrected chi connectivity index (χ2v) is 6.40. The zero-order valence-electron chi connectivity index (χ0n) is 14.1. The highest BCUT2D eigenvalue weighted by Gasteiger charge is 2.15. The van der Waals surface area contributed by atoms with E-state index in [9.17, 15) is 19.8 Å². The number of phenolic OH excluding ortho intramolecular Hbond substituents is 2. The second-order valence-electron chi connectivity index (χ2n) is 5.59. The van der Waals surface area contributed by atoms with E-state index < -0.39 is 11.9 Å². The van der Waals surface area contributed by atoms with Gasteiger partial charge in [-0.3, -0.25) is 0 Å². The number of rotatable bonds is 4. The van der Waals surface area contributed by atoms with Crippen molar-refractivity contribution in [3.63, 3.8) is 0 Å². The molecule has 3 aromatic rings. The van der Waals surface area contributed by atoms with Gasteiger partial charge in [0.25, 0.3) is 0 Å². The van der Waals surface area contributed by atoms with Gasteiger partial charge in [-0.1, -0.05) is 23.2 Å². The van der Waals surface area contributed by atoms with Gasteiger partial charge in [0.2, 0.25) is 0 Å². The predicted molar refractivity (Wildman–Crippen MR) is 103 cm³/mol. The maximum atomic E-state index is 12.2. The zero-order chi connectivity index (χ0) is 20.3. The predicted octanol–water partition coefficient (Wildman–Crippen LogP) is 4.84. The molecular formula is C20H12Cl2O6. The van der Waals surface area contributed by atoms with Gasteiger partial charge in [0.15, 0.2) is 0 Å². The molecule has 0 saturated heterocycles. The largest absolute Gasteiger partial charge is 0.508 e. The van der Waals surface area contributed by atoms with E-state index in [4.69, 9.17) is 32.7 Å². The number of carbonyl (C=O) groups excluding carboxylic acids is 2. The first kappa shape index (κ1) is 19.5. The number of hydrogen-bond donors (Lipinski definition) is 2. The lowest BCUT2D eigenvalue weighted by Gasteiger charge is -2.08. The molecule has 0 heterocycles. The number of halogens is 2. The molecule has 3 aromatic carbocycles. The van der Waals surface area contributed by atoms with Crippen LogP contribution in [0.2, 0.25) is 10.0 Å². The van der Waals surface area contributed by atoms with Crippen molar-refractivity contribution in [3.05, 3.63) is 81.8 Å². The van der Waals surface area contributed by atoms with E-state index in [1.54, 1.807) is 0 Å². The lowest BCUT2D eigenvalue weighted by atomic mass is 10.1. The summed E-state index contributed by atoms with van der Waals surface area (Å²) in [5.74, 6) is -1.30. The Morgan fingerprint density at radius 2 is 1.00 bits per heavy atom.